The molecular formula is C15H22N2O6. The monoisotopic (exact) mass is 326 g/mol. The number of hydrogen-bond acceptors (Lipinski definition) is 8. The lowest BCUT2D eigenvalue weighted by Crippen LogP contribution is -2.57. The third-order valence-electron chi connectivity index (χ3n) is 3.36. The van der Waals surface area contributed by atoms with Gasteiger partial charge < -0.3 is 9.57 Å². The molecule has 0 amide bonds. The summed E-state index contributed by atoms with van der Waals surface area (Å²) in [5, 5.41) is 2.65. The van der Waals surface area contributed by atoms with E-state index in [0.717, 1.165) is 5.56 Å². The predicted molar refractivity (Wildman–Crippen MR) is 78.9 cm³/mol. The number of hydrogen-bond donors (Lipinski definition) is 0. The van der Waals surface area contributed by atoms with Crippen LogP contribution >= 0.6 is 0 Å². The molecule has 1 aromatic rings. The van der Waals surface area contributed by atoms with Crippen LogP contribution in [0, 0.1) is 0 Å². The number of ether oxygens (including phenoxy) is 1. The molecule has 1 unspecified atom stereocenters. The second-order valence-corrected chi connectivity index (χ2v) is 4.79. The van der Waals surface area contributed by atoms with Gasteiger partial charge in [-0.15, -0.1) is 5.06 Å². The summed E-state index contributed by atoms with van der Waals surface area (Å²) in [4.78, 5) is 32.8. The molecular weight excluding hydrogens is 304 g/mol. The molecule has 128 valence electrons. The van der Waals surface area contributed by atoms with Crippen LogP contribution in [0.2, 0.25) is 0 Å². The Labute approximate surface area is 135 Å². The smallest absolute Gasteiger partial charge is 0.362 e. The minimum absolute atomic E-state index is 0.207. The molecule has 0 aliphatic carbocycles. The van der Waals surface area contributed by atoms with Crippen LogP contribution in [0.25, 0.3) is 0 Å². The maximum Gasteiger partial charge on any atom is 0.378 e. The van der Waals surface area contributed by atoms with Gasteiger partial charge in [0.1, 0.15) is 6.61 Å². The van der Waals surface area contributed by atoms with Crippen LogP contribution in [0.15, 0.2) is 30.3 Å². The molecule has 23 heavy (non-hydrogen) atoms. The molecule has 1 aromatic carbocycles. The Morgan fingerprint density at radius 3 is 2.48 bits per heavy atom. The number of carbonyl (C=O) groups excluding carboxylic acids is 1. The minimum Gasteiger partial charge on any atom is -0.362 e. The Morgan fingerprint density at radius 1 is 1.17 bits per heavy atom. The quantitative estimate of drug-likeness (QED) is 0.404. The first-order chi connectivity index (χ1) is 11.2. The van der Waals surface area contributed by atoms with Crippen LogP contribution < -0.4 is 0 Å². The first-order valence-electron chi connectivity index (χ1n) is 7.36. The number of methoxy groups -OCH3 is 1. The predicted octanol–water partition coefficient (Wildman–Crippen LogP) is 1.44. The highest BCUT2D eigenvalue weighted by Gasteiger charge is 2.55. The molecule has 0 bridgehead atoms. The van der Waals surface area contributed by atoms with E-state index in [0.29, 0.717) is 13.1 Å². The van der Waals surface area contributed by atoms with Crippen molar-refractivity contribution in [3.63, 3.8) is 0 Å². The summed E-state index contributed by atoms with van der Waals surface area (Å²) in [6.07, 6.45) is 0.230. The van der Waals surface area contributed by atoms with E-state index in [4.69, 9.17) is 24.2 Å². The van der Waals surface area contributed by atoms with Crippen molar-refractivity contribution in [1.82, 2.24) is 10.1 Å². The van der Waals surface area contributed by atoms with E-state index >= 15 is 0 Å². The van der Waals surface area contributed by atoms with Gasteiger partial charge in [-0.3, -0.25) is 9.63 Å². The summed E-state index contributed by atoms with van der Waals surface area (Å²) in [6, 6.07) is 7.93. The van der Waals surface area contributed by atoms with Crippen LogP contribution in [0.4, 0.5) is 0 Å². The van der Waals surface area contributed by atoms with Crippen molar-refractivity contribution in [3.05, 3.63) is 35.9 Å². The fraction of sp³-hybridized carbons (Fsp3) is 0.533. The Morgan fingerprint density at radius 2 is 1.87 bits per heavy atom. The standard InChI is InChI=1S/C15H22N2O6/c1-4-14(18)22-17-11-10-16(20-3)15(17,19-2)23-21-12-13-8-6-5-7-9-13/h5-9H,4,10-12H2,1-3H3. The summed E-state index contributed by atoms with van der Waals surface area (Å²) in [5.41, 5.74) is 0.929. The van der Waals surface area contributed by atoms with Crippen molar-refractivity contribution >= 4 is 5.97 Å². The minimum atomic E-state index is -1.59. The van der Waals surface area contributed by atoms with E-state index in [-0.39, 0.29) is 13.0 Å². The van der Waals surface area contributed by atoms with Gasteiger partial charge in [0.2, 0.25) is 0 Å². The third kappa shape index (κ3) is 4.05. The summed E-state index contributed by atoms with van der Waals surface area (Å²) in [6.45, 7) is 2.67. The third-order valence-corrected chi connectivity index (χ3v) is 3.36. The summed E-state index contributed by atoms with van der Waals surface area (Å²) >= 11 is 0. The van der Waals surface area contributed by atoms with Crippen LogP contribution in [0.5, 0.6) is 0 Å². The molecule has 0 radical (unpaired) electrons. The Balaban J connectivity index is 2.04. The molecule has 0 aromatic heterocycles. The lowest BCUT2D eigenvalue weighted by molar-refractivity contribution is -0.558. The lowest BCUT2D eigenvalue weighted by Gasteiger charge is -2.36. The Kier molecular flexibility index (Phi) is 6.46. The SMILES string of the molecule is CCC(=O)ON1CCN(OC)C1(OC)OOCc1ccccc1. The first-order valence-corrected chi connectivity index (χ1v) is 7.36. The van der Waals surface area contributed by atoms with Crippen molar-refractivity contribution in [2.45, 2.75) is 26.0 Å². The fourth-order valence-electron chi connectivity index (χ4n) is 2.16. The molecule has 8 nitrogen and oxygen atoms in total. The molecule has 1 aliphatic rings. The second-order valence-electron chi connectivity index (χ2n) is 4.79. The number of carbonyl (C=O) groups is 1. The molecule has 2 rings (SSSR count). The number of nitrogens with zero attached hydrogens (tertiary/aromatic N) is 2. The lowest BCUT2D eigenvalue weighted by atomic mass is 10.2. The van der Waals surface area contributed by atoms with Gasteiger partial charge in [0.15, 0.2) is 0 Å². The zero-order chi connectivity index (χ0) is 16.7. The van der Waals surface area contributed by atoms with Crippen LogP contribution in [-0.4, -0.2) is 49.4 Å². The molecule has 1 atom stereocenters. The highest BCUT2D eigenvalue weighted by Crippen LogP contribution is 2.30. The maximum absolute atomic E-state index is 11.6. The van der Waals surface area contributed by atoms with Crippen molar-refractivity contribution < 1.29 is 29.0 Å². The van der Waals surface area contributed by atoms with Gasteiger partial charge in [-0.1, -0.05) is 42.3 Å². The summed E-state index contributed by atoms with van der Waals surface area (Å²) in [5.74, 6) is -0.406. The molecule has 8 heteroatoms. The number of benzene rings is 1. The highest BCUT2D eigenvalue weighted by molar-refractivity contribution is 5.68. The summed E-state index contributed by atoms with van der Waals surface area (Å²) in [7, 11) is 2.88. The molecule has 1 fully saturated rings. The van der Waals surface area contributed by atoms with Crippen molar-refractivity contribution in [2.24, 2.45) is 0 Å². The van der Waals surface area contributed by atoms with Gasteiger partial charge in [0.05, 0.1) is 13.7 Å². The van der Waals surface area contributed by atoms with Gasteiger partial charge in [0.25, 0.3) is 0 Å². The molecule has 1 saturated heterocycles. The maximum atomic E-state index is 11.6. The van der Waals surface area contributed by atoms with Crippen molar-refractivity contribution in [3.8, 4) is 0 Å². The molecule has 1 aliphatic heterocycles. The molecule has 0 spiro atoms. The Hall–Kier alpha value is -1.55. The second kappa shape index (κ2) is 8.34. The van der Waals surface area contributed by atoms with Gasteiger partial charge in [-0.25, -0.2) is 4.89 Å². The van der Waals surface area contributed by atoms with Gasteiger partial charge in [-0.2, -0.15) is 4.89 Å². The van der Waals surface area contributed by atoms with Crippen LogP contribution in [-0.2, 0) is 35.6 Å². The van der Waals surface area contributed by atoms with Gasteiger partial charge in [-0.05, 0) is 5.56 Å². The van der Waals surface area contributed by atoms with E-state index in [1.165, 1.54) is 24.3 Å². The van der Waals surface area contributed by atoms with Crippen LogP contribution in [0.3, 0.4) is 0 Å². The molecule has 0 saturated carbocycles. The largest absolute Gasteiger partial charge is 0.378 e. The van der Waals surface area contributed by atoms with Gasteiger partial charge in [0, 0.05) is 20.1 Å². The topological polar surface area (TPSA) is 69.7 Å². The van der Waals surface area contributed by atoms with E-state index in [1.807, 2.05) is 30.3 Å². The zero-order valence-corrected chi connectivity index (χ0v) is 13.6. The highest BCUT2D eigenvalue weighted by atomic mass is 17.3. The average Bonchev–Trinajstić information content (AvgIpc) is 2.93. The fourth-order valence-corrected chi connectivity index (χ4v) is 2.16. The molecule has 0 N–H and O–H groups in total. The number of hydroxylamine groups is 4. The van der Waals surface area contributed by atoms with Gasteiger partial charge >= 0.3 is 12.0 Å². The Bertz CT molecular complexity index is 500. The zero-order valence-electron chi connectivity index (χ0n) is 13.6. The molecule has 1 heterocycles. The van der Waals surface area contributed by atoms with Crippen molar-refractivity contribution in [1.29, 1.82) is 0 Å². The van der Waals surface area contributed by atoms with E-state index < -0.39 is 12.0 Å². The normalized spacial score (nSPS) is 22.4. The van der Waals surface area contributed by atoms with E-state index in [1.54, 1.807) is 6.92 Å². The van der Waals surface area contributed by atoms with Crippen LogP contribution in [0.1, 0.15) is 18.9 Å². The summed E-state index contributed by atoms with van der Waals surface area (Å²) < 4.78 is 5.40. The first kappa shape index (κ1) is 17.8. The average molecular weight is 326 g/mol. The van der Waals surface area contributed by atoms with E-state index in [9.17, 15) is 4.79 Å². The van der Waals surface area contributed by atoms with E-state index in [2.05, 4.69) is 0 Å². The number of rotatable bonds is 8. The van der Waals surface area contributed by atoms with Crippen molar-refractivity contribution in [2.75, 3.05) is 27.3 Å².